The molecule has 2 saturated heterocycles. The van der Waals surface area contributed by atoms with E-state index in [1.54, 1.807) is 30.3 Å². The van der Waals surface area contributed by atoms with Crippen molar-refractivity contribution in [1.29, 1.82) is 0 Å². The van der Waals surface area contributed by atoms with Gasteiger partial charge in [0, 0.05) is 30.1 Å². The van der Waals surface area contributed by atoms with Crippen LogP contribution in [0, 0.1) is 5.92 Å². The second kappa shape index (κ2) is 11.2. The maximum Gasteiger partial charge on any atom is 0.238 e. The fraction of sp³-hybridized carbons (Fsp3) is 0.444. The lowest BCUT2D eigenvalue weighted by atomic mass is 9.95. The third-order valence-corrected chi connectivity index (χ3v) is 6.70. The lowest BCUT2D eigenvalue weighted by Crippen LogP contribution is -2.44. The topological polar surface area (TPSA) is 69.7 Å². The molecule has 0 radical (unpaired) electrons. The number of carbonyl (C=O) groups excluding carboxylic acids is 3. The van der Waals surface area contributed by atoms with Gasteiger partial charge in [-0.1, -0.05) is 55.3 Å². The molecule has 6 heteroatoms. The molecular weight excluding hydrogens is 414 g/mol. The average Bonchev–Trinajstić information content (AvgIpc) is 3.14. The third-order valence-electron chi connectivity index (χ3n) is 6.70. The van der Waals surface area contributed by atoms with Crippen LogP contribution in [0.3, 0.4) is 0 Å². The van der Waals surface area contributed by atoms with Crippen molar-refractivity contribution in [2.45, 2.75) is 38.5 Å². The predicted molar refractivity (Wildman–Crippen MR) is 129 cm³/mol. The molecule has 6 nitrogen and oxygen atoms in total. The number of hydrogen-bond donors (Lipinski definition) is 1. The summed E-state index contributed by atoms with van der Waals surface area (Å²) < 4.78 is 0. The van der Waals surface area contributed by atoms with Crippen LogP contribution >= 0.6 is 0 Å². The van der Waals surface area contributed by atoms with Crippen LogP contribution in [0.1, 0.15) is 54.4 Å². The number of para-hydroxylation sites is 1. The predicted octanol–water partition coefficient (Wildman–Crippen LogP) is 3.97. The summed E-state index contributed by atoms with van der Waals surface area (Å²) in [6.07, 6.45) is 6.25. The summed E-state index contributed by atoms with van der Waals surface area (Å²) in [4.78, 5) is 42.7. The van der Waals surface area contributed by atoms with Gasteiger partial charge in [0.15, 0.2) is 5.78 Å². The first-order valence-electron chi connectivity index (χ1n) is 12.1. The molecule has 0 spiro atoms. The molecule has 2 amide bonds. The Bertz CT molecular complexity index is 960. The summed E-state index contributed by atoms with van der Waals surface area (Å²) in [5.74, 6) is 0.126. The Kier molecular flexibility index (Phi) is 7.89. The van der Waals surface area contributed by atoms with Crippen LogP contribution in [0.25, 0.3) is 0 Å². The lowest BCUT2D eigenvalue weighted by molar-refractivity contribution is -0.137. The first-order valence-corrected chi connectivity index (χ1v) is 12.1. The molecular formula is C27H33N3O3. The third kappa shape index (κ3) is 6.08. The number of amides is 2. The summed E-state index contributed by atoms with van der Waals surface area (Å²) in [6, 6.07) is 16.2. The highest BCUT2D eigenvalue weighted by atomic mass is 16.2. The van der Waals surface area contributed by atoms with E-state index >= 15 is 0 Å². The van der Waals surface area contributed by atoms with Crippen molar-refractivity contribution in [3.8, 4) is 0 Å². The van der Waals surface area contributed by atoms with E-state index in [1.807, 2.05) is 24.3 Å². The highest BCUT2D eigenvalue weighted by Crippen LogP contribution is 2.23. The zero-order valence-corrected chi connectivity index (χ0v) is 19.2. The van der Waals surface area contributed by atoms with Gasteiger partial charge in [0.2, 0.25) is 11.8 Å². The van der Waals surface area contributed by atoms with Crippen LogP contribution in [0.2, 0.25) is 0 Å². The molecule has 0 unspecified atom stereocenters. The van der Waals surface area contributed by atoms with Crippen molar-refractivity contribution >= 4 is 23.3 Å². The van der Waals surface area contributed by atoms with Crippen LogP contribution in [-0.4, -0.2) is 60.1 Å². The summed E-state index contributed by atoms with van der Waals surface area (Å²) in [5.41, 5.74) is 1.61. The standard InChI is InChI=1S/C27H33N3O3/c31-25(28-24-13-7-6-12-23(24)26(32)21-10-4-3-5-11-21)20-29-18-14-22(15-19-29)27(33)30-16-8-1-2-9-17-30/h3-7,10-13,22H,1-2,8-9,14-20H2,(H,28,31). The number of rotatable bonds is 6. The number of hydrogen-bond acceptors (Lipinski definition) is 4. The molecule has 33 heavy (non-hydrogen) atoms. The van der Waals surface area contributed by atoms with E-state index in [4.69, 9.17) is 0 Å². The Morgan fingerprint density at radius 1 is 0.788 bits per heavy atom. The highest BCUT2D eigenvalue weighted by Gasteiger charge is 2.29. The monoisotopic (exact) mass is 447 g/mol. The number of anilines is 1. The minimum Gasteiger partial charge on any atom is -0.342 e. The van der Waals surface area contributed by atoms with Crippen molar-refractivity contribution < 1.29 is 14.4 Å². The molecule has 2 aromatic carbocycles. The SMILES string of the molecule is O=C(CN1CCC(C(=O)N2CCCCCC2)CC1)Nc1ccccc1C(=O)c1ccccc1. The Hall–Kier alpha value is -2.99. The normalized spacial score (nSPS) is 17.9. The van der Waals surface area contributed by atoms with Crippen molar-refractivity contribution in [1.82, 2.24) is 9.80 Å². The van der Waals surface area contributed by atoms with Gasteiger partial charge < -0.3 is 10.2 Å². The number of nitrogens with one attached hydrogen (secondary N) is 1. The molecule has 2 fully saturated rings. The van der Waals surface area contributed by atoms with E-state index in [0.717, 1.165) is 51.9 Å². The minimum absolute atomic E-state index is 0.0756. The van der Waals surface area contributed by atoms with Crippen molar-refractivity contribution in [3.63, 3.8) is 0 Å². The van der Waals surface area contributed by atoms with Gasteiger partial charge in [-0.25, -0.2) is 0 Å². The van der Waals surface area contributed by atoms with Crippen LogP contribution in [0.5, 0.6) is 0 Å². The van der Waals surface area contributed by atoms with E-state index in [-0.39, 0.29) is 24.2 Å². The fourth-order valence-corrected chi connectivity index (χ4v) is 4.82. The summed E-state index contributed by atoms with van der Waals surface area (Å²) in [6.45, 7) is 3.52. The molecule has 2 aliphatic rings. The van der Waals surface area contributed by atoms with E-state index in [9.17, 15) is 14.4 Å². The number of likely N-dealkylation sites (tertiary alicyclic amines) is 2. The van der Waals surface area contributed by atoms with Crippen LogP contribution < -0.4 is 5.32 Å². The minimum atomic E-state index is -0.138. The zero-order chi connectivity index (χ0) is 23.0. The van der Waals surface area contributed by atoms with Gasteiger partial charge in [-0.05, 0) is 50.9 Å². The molecule has 0 aliphatic carbocycles. The van der Waals surface area contributed by atoms with E-state index in [0.29, 0.717) is 22.7 Å². The van der Waals surface area contributed by atoms with Crippen LogP contribution in [-0.2, 0) is 9.59 Å². The Balaban J connectivity index is 1.30. The van der Waals surface area contributed by atoms with Crippen LogP contribution in [0.15, 0.2) is 54.6 Å². The molecule has 2 aliphatic heterocycles. The number of benzene rings is 2. The Morgan fingerprint density at radius 2 is 1.42 bits per heavy atom. The number of nitrogens with zero attached hydrogens (tertiary/aromatic N) is 2. The number of carbonyl (C=O) groups is 3. The fourth-order valence-electron chi connectivity index (χ4n) is 4.82. The van der Waals surface area contributed by atoms with E-state index in [2.05, 4.69) is 15.1 Å². The second-order valence-electron chi connectivity index (χ2n) is 9.08. The zero-order valence-electron chi connectivity index (χ0n) is 19.2. The van der Waals surface area contributed by atoms with Crippen molar-refractivity contribution in [2.75, 3.05) is 38.0 Å². The highest BCUT2D eigenvalue weighted by molar-refractivity contribution is 6.13. The summed E-state index contributed by atoms with van der Waals surface area (Å²) >= 11 is 0. The molecule has 0 aromatic heterocycles. The maximum absolute atomic E-state index is 12.9. The van der Waals surface area contributed by atoms with Crippen LogP contribution in [0.4, 0.5) is 5.69 Å². The average molecular weight is 448 g/mol. The van der Waals surface area contributed by atoms with Gasteiger partial charge in [0.05, 0.1) is 12.2 Å². The van der Waals surface area contributed by atoms with E-state index in [1.165, 1.54) is 12.8 Å². The van der Waals surface area contributed by atoms with Gasteiger partial charge in [0.25, 0.3) is 0 Å². The summed E-state index contributed by atoms with van der Waals surface area (Å²) in [5, 5.41) is 2.92. The Labute approximate surface area is 196 Å². The molecule has 2 aromatic rings. The molecule has 174 valence electrons. The van der Waals surface area contributed by atoms with E-state index < -0.39 is 0 Å². The molecule has 4 rings (SSSR count). The largest absolute Gasteiger partial charge is 0.342 e. The molecule has 0 atom stereocenters. The number of ketones is 1. The smallest absolute Gasteiger partial charge is 0.238 e. The number of piperidine rings is 1. The summed E-state index contributed by atoms with van der Waals surface area (Å²) in [7, 11) is 0. The van der Waals surface area contributed by atoms with Crippen molar-refractivity contribution in [2.24, 2.45) is 5.92 Å². The van der Waals surface area contributed by atoms with Crippen molar-refractivity contribution in [3.05, 3.63) is 65.7 Å². The molecule has 2 heterocycles. The first kappa shape index (κ1) is 23.2. The Morgan fingerprint density at radius 3 is 2.12 bits per heavy atom. The first-order chi connectivity index (χ1) is 16.1. The molecule has 0 saturated carbocycles. The quantitative estimate of drug-likeness (QED) is 0.681. The molecule has 1 N–H and O–H groups in total. The van der Waals surface area contributed by atoms with Gasteiger partial charge in [0.1, 0.15) is 0 Å². The van der Waals surface area contributed by atoms with Gasteiger partial charge in [-0.2, -0.15) is 0 Å². The van der Waals surface area contributed by atoms with Gasteiger partial charge in [-0.3, -0.25) is 19.3 Å². The van der Waals surface area contributed by atoms with Gasteiger partial charge in [-0.15, -0.1) is 0 Å². The van der Waals surface area contributed by atoms with Gasteiger partial charge >= 0.3 is 0 Å². The molecule has 0 bridgehead atoms. The second-order valence-corrected chi connectivity index (χ2v) is 9.08. The lowest BCUT2D eigenvalue weighted by Gasteiger charge is -2.33. The maximum atomic E-state index is 12.9.